The van der Waals surface area contributed by atoms with Crippen LogP contribution in [0.3, 0.4) is 0 Å². The van der Waals surface area contributed by atoms with Gasteiger partial charge in [0.25, 0.3) is 0 Å². The Bertz CT molecular complexity index is 633. The van der Waals surface area contributed by atoms with E-state index in [9.17, 15) is 4.39 Å². The number of aromatic nitrogens is 4. The van der Waals surface area contributed by atoms with E-state index in [1.54, 1.807) is 35.3 Å². The van der Waals surface area contributed by atoms with Crippen LogP contribution in [-0.2, 0) is 0 Å². The Balaban J connectivity index is 2.19. The van der Waals surface area contributed by atoms with E-state index in [1.165, 1.54) is 12.3 Å². The molecule has 0 atom stereocenters. The molecule has 0 fully saturated rings. The number of hydrogen-bond donors (Lipinski definition) is 0. The van der Waals surface area contributed by atoms with Crippen molar-refractivity contribution in [1.29, 1.82) is 0 Å². The second-order valence-electron chi connectivity index (χ2n) is 3.33. The first-order valence-corrected chi connectivity index (χ1v) is 4.73. The number of halogens is 1. The summed E-state index contributed by atoms with van der Waals surface area (Å²) in [6.07, 6.45) is 7.92. The van der Waals surface area contributed by atoms with E-state index < -0.39 is 0 Å². The second kappa shape index (κ2) is 3.37. The van der Waals surface area contributed by atoms with E-state index in [1.807, 2.05) is 0 Å². The van der Waals surface area contributed by atoms with Gasteiger partial charge < -0.3 is 4.40 Å². The van der Waals surface area contributed by atoms with Gasteiger partial charge in [0.05, 0.1) is 6.20 Å². The summed E-state index contributed by atoms with van der Waals surface area (Å²) in [6, 6.07) is 3.00. The summed E-state index contributed by atoms with van der Waals surface area (Å²) in [5, 5.41) is 0. The normalized spacial score (nSPS) is 10.8. The minimum absolute atomic E-state index is 0.296. The lowest BCUT2D eigenvalue weighted by molar-refractivity contribution is 0.619. The van der Waals surface area contributed by atoms with Gasteiger partial charge in [-0.25, -0.2) is 9.37 Å². The molecule has 3 rings (SSSR count). The molecule has 0 spiro atoms. The third-order valence-corrected chi connectivity index (χ3v) is 2.24. The maximum Gasteiger partial charge on any atom is 0.139 e. The molecule has 0 bridgehead atoms. The molecule has 0 aromatic carbocycles. The van der Waals surface area contributed by atoms with Gasteiger partial charge in [0.2, 0.25) is 0 Å². The molecule has 16 heavy (non-hydrogen) atoms. The lowest BCUT2D eigenvalue weighted by Gasteiger charge is -1.91. The summed E-state index contributed by atoms with van der Waals surface area (Å²) < 4.78 is 14.6. The first kappa shape index (κ1) is 8.96. The van der Waals surface area contributed by atoms with Crippen molar-refractivity contribution in [3.63, 3.8) is 0 Å². The van der Waals surface area contributed by atoms with Crippen LogP contribution in [0.1, 0.15) is 0 Å². The number of pyridine rings is 1. The van der Waals surface area contributed by atoms with Crippen LogP contribution in [0.15, 0.2) is 43.1 Å². The predicted octanol–water partition coefficient (Wildman–Crippen LogP) is 1.93. The van der Waals surface area contributed by atoms with Crippen molar-refractivity contribution >= 4 is 5.65 Å². The average molecular weight is 214 g/mol. The Labute approximate surface area is 90.4 Å². The molecular formula is C11H7FN4. The molecule has 0 aliphatic heterocycles. The van der Waals surface area contributed by atoms with Crippen molar-refractivity contribution < 1.29 is 4.39 Å². The Hall–Kier alpha value is -2.30. The molecule has 3 aromatic rings. The molecule has 0 N–H and O–H groups in total. The van der Waals surface area contributed by atoms with Gasteiger partial charge in [0, 0.05) is 24.8 Å². The van der Waals surface area contributed by atoms with Crippen LogP contribution >= 0.6 is 0 Å². The maximum atomic E-state index is 13.0. The van der Waals surface area contributed by atoms with Crippen LogP contribution in [0, 0.1) is 5.82 Å². The van der Waals surface area contributed by atoms with E-state index in [4.69, 9.17) is 0 Å². The van der Waals surface area contributed by atoms with E-state index in [0.717, 1.165) is 0 Å². The molecular weight excluding hydrogens is 207 g/mol. The van der Waals surface area contributed by atoms with Crippen LogP contribution in [0.2, 0.25) is 0 Å². The smallest absolute Gasteiger partial charge is 0.139 e. The zero-order valence-electron chi connectivity index (χ0n) is 8.21. The second-order valence-corrected chi connectivity index (χ2v) is 3.33. The summed E-state index contributed by atoms with van der Waals surface area (Å²) in [5.41, 5.74) is 2.03. The highest BCUT2D eigenvalue weighted by atomic mass is 19.1. The summed E-state index contributed by atoms with van der Waals surface area (Å²) >= 11 is 0. The fourth-order valence-corrected chi connectivity index (χ4v) is 1.52. The quantitative estimate of drug-likeness (QED) is 0.621. The van der Waals surface area contributed by atoms with Gasteiger partial charge >= 0.3 is 0 Å². The minimum atomic E-state index is -0.296. The number of fused-ring (bicyclic) bond motifs is 1. The van der Waals surface area contributed by atoms with Gasteiger partial charge in [-0.05, 0) is 12.1 Å². The fraction of sp³-hybridized carbons (Fsp3) is 0. The van der Waals surface area contributed by atoms with Gasteiger partial charge in [0.15, 0.2) is 0 Å². The highest BCUT2D eigenvalue weighted by Crippen LogP contribution is 2.15. The summed E-state index contributed by atoms with van der Waals surface area (Å²) in [6.45, 7) is 0. The Kier molecular flexibility index (Phi) is 1.89. The van der Waals surface area contributed by atoms with Gasteiger partial charge in [0.1, 0.15) is 22.9 Å². The van der Waals surface area contributed by atoms with Crippen LogP contribution in [0.25, 0.3) is 17.0 Å². The molecule has 0 amide bonds. The Morgan fingerprint density at radius 1 is 1.06 bits per heavy atom. The molecule has 78 valence electrons. The zero-order valence-corrected chi connectivity index (χ0v) is 8.21. The largest absolute Gasteiger partial charge is 0.303 e. The van der Waals surface area contributed by atoms with Gasteiger partial charge in [-0.15, -0.1) is 0 Å². The van der Waals surface area contributed by atoms with Crippen molar-refractivity contribution in [1.82, 2.24) is 19.4 Å². The molecule has 0 saturated heterocycles. The molecule has 3 aromatic heterocycles. The van der Waals surface area contributed by atoms with E-state index >= 15 is 0 Å². The molecule has 5 heteroatoms. The van der Waals surface area contributed by atoms with Crippen molar-refractivity contribution in [2.24, 2.45) is 0 Å². The van der Waals surface area contributed by atoms with Crippen LogP contribution in [-0.4, -0.2) is 19.4 Å². The third kappa shape index (κ3) is 1.42. The molecule has 0 aliphatic rings. The average Bonchev–Trinajstić information content (AvgIpc) is 2.73. The van der Waals surface area contributed by atoms with Crippen LogP contribution in [0.5, 0.6) is 0 Å². The number of imidazole rings is 1. The fourth-order valence-electron chi connectivity index (χ4n) is 1.52. The maximum absolute atomic E-state index is 13.0. The van der Waals surface area contributed by atoms with Crippen molar-refractivity contribution in [3.8, 4) is 11.4 Å². The lowest BCUT2D eigenvalue weighted by atomic mass is 10.3. The summed E-state index contributed by atoms with van der Waals surface area (Å²) in [4.78, 5) is 12.4. The minimum Gasteiger partial charge on any atom is -0.303 e. The molecule has 3 heterocycles. The van der Waals surface area contributed by atoms with E-state index in [-0.39, 0.29) is 5.82 Å². The monoisotopic (exact) mass is 214 g/mol. The van der Waals surface area contributed by atoms with Crippen molar-refractivity contribution in [2.45, 2.75) is 0 Å². The zero-order chi connectivity index (χ0) is 11.0. The molecule has 0 unspecified atom stereocenters. The summed E-state index contributed by atoms with van der Waals surface area (Å²) in [5.74, 6) is -0.296. The van der Waals surface area contributed by atoms with Gasteiger partial charge in [-0.3, -0.25) is 9.97 Å². The number of nitrogens with zero attached hydrogens (tertiary/aromatic N) is 4. The number of hydrogen-bond acceptors (Lipinski definition) is 3. The Morgan fingerprint density at radius 2 is 2.00 bits per heavy atom. The van der Waals surface area contributed by atoms with Crippen molar-refractivity contribution in [3.05, 3.63) is 48.9 Å². The topological polar surface area (TPSA) is 43.1 Å². The van der Waals surface area contributed by atoms with E-state index in [2.05, 4.69) is 15.0 Å². The van der Waals surface area contributed by atoms with Crippen LogP contribution < -0.4 is 0 Å². The lowest BCUT2D eigenvalue weighted by Crippen LogP contribution is -1.83. The first-order chi connectivity index (χ1) is 7.83. The molecule has 0 radical (unpaired) electrons. The first-order valence-electron chi connectivity index (χ1n) is 4.73. The highest BCUT2D eigenvalue weighted by molar-refractivity contribution is 5.57. The molecule has 0 saturated carbocycles. The predicted molar refractivity (Wildman–Crippen MR) is 56.2 cm³/mol. The molecule has 0 aliphatic carbocycles. The molecule has 4 nitrogen and oxygen atoms in total. The van der Waals surface area contributed by atoms with E-state index in [0.29, 0.717) is 17.0 Å². The standard InChI is InChI=1S/C11H7FN4/c12-8-1-2-11-15-10(7-16(11)6-8)9-5-13-3-4-14-9/h1-7H. The van der Waals surface area contributed by atoms with Gasteiger partial charge in [-0.2, -0.15) is 0 Å². The Morgan fingerprint density at radius 3 is 2.81 bits per heavy atom. The SMILES string of the molecule is Fc1ccc2nc(-c3cnccn3)cn2c1. The number of rotatable bonds is 1. The highest BCUT2D eigenvalue weighted by Gasteiger charge is 2.05. The third-order valence-electron chi connectivity index (χ3n) is 2.24. The summed E-state index contributed by atoms with van der Waals surface area (Å²) in [7, 11) is 0. The van der Waals surface area contributed by atoms with Gasteiger partial charge in [-0.1, -0.05) is 0 Å². The van der Waals surface area contributed by atoms with Crippen LogP contribution in [0.4, 0.5) is 4.39 Å². The van der Waals surface area contributed by atoms with Crippen molar-refractivity contribution in [2.75, 3.05) is 0 Å².